The number of aromatic nitrogens is 1. The van der Waals surface area contributed by atoms with Crippen molar-refractivity contribution in [1.82, 2.24) is 4.98 Å². The molecule has 0 unspecified atom stereocenters. The van der Waals surface area contributed by atoms with Crippen molar-refractivity contribution in [1.29, 1.82) is 0 Å². The van der Waals surface area contributed by atoms with Crippen molar-refractivity contribution in [2.45, 2.75) is 46.1 Å². The number of hydrogen-bond acceptors (Lipinski definition) is 3. The molecule has 0 saturated carbocycles. The average molecular weight is 207 g/mol. The molecule has 1 aromatic rings. The number of nitrogens with two attached hydrogens (primary N) is 1. The second kappa shape index (κ2) is 4.51. The third kappa shape index (κ3) is 2.85. The van der Waals surface area contributed by atoms with Gasteiger partial charge in [0.05, 0.1) is 11.9 Å². The van der Waals surface area contributed by atoms with Crippen LogP contribution in [0.5, 0.6) is 0 Å². The molecule has 0 atom stereocenters. The predicted molar refractivity (Wildman–Crippen MR) is 66.0 cm³/mol. The molecule has 84 valence electrons. The van der Waals surface area contributed by atoms with Gasteiger partial charge in [0.25, 0.3) is 0 Å². The van der Waals surface area contributed by atoms with E-state index in [0.29, 0.717) is 5.69 Å². The monoisotopic (exact) mass is 207 g/mol. The Bertz CT molecular complexity index is 330. The van der Waals surface area contributed by atoms with Crippen LogP contribution in [0.25, 0.3) is 0 Å². The first kappa shape index (κ1) is 11.8. The van der Waals surface area contributed by atoms with Gasteiger partial charge in [-0.25, -0.2) is 4.98 Å². The van der Waals surface area contributed by atoms with Gasteiger partial charge in [-0.05, 0) is 38.3 Å². The van der Waals surface area contributed by atoms with Crippen LogP contribution in [0.15, 0.2) is 12.3 Å². The number of nitrogens with one attached hydrogen (secondary N) is 1. The van der Waals surface area contributed by atoms with E-state index in [0.717, 1.165) is 24.2 Å². The normalized spacial score (nSPS) is 11.5. The van der Waals surface area contributed by atoms with Crippen molar-refractivity contribution in [2.24, 2.45) is 0 Å². The van der Waals surface area contributed by atoms with Gasteiger partial charge in [0.2, 0.25) is 0 Å². The van der Waals surface area contributed by atoms with Gasteiger partial charge in [0.15, 0.2) is 0 Å². The predicted octanol–water partition coefficient (Wildman–Crippen LogP) is 2.96. The Balaban J connectivity index is 2.89. The first-order valence-corrected chi connectivity index (χ1v) is 5.51. The van der Waals surface area contributed by atoms with Crippen molar-refractivity contribution in [3.8, 4) is 0 Å². The molecular formula is C12H21N3. The van der Waals surface area contributed by atoms with Crippen molar-refractivity contribution in [3.63, 3.8) is 0 Å². The molecule has 0 radical (unpaired) electrons. The minimum Gasteiger partial charge on any atom is -0.397 e. The Hall–Kier alpha value is -1.25. The quantitative estimate of drug-likeness (QED) is 0.798. The van der Waals surface area contributed by atoms with Gasteiger partial charge in [-0.15, -0.1) is 0 Å². The van der Waals surface area contributed by atoms with E-state index in [2.05, 4.69) is 31.1 Å². The fraction of sp³-hybridized carbons (Fsp3) is 0.583. The number of pyridine rings is 1. The Morgan fingerprint density at radius 1 is 1.40 bits per heavy atom. The molecule has 3 heteroatoms. The molecule has 0 aliphatic heterocycles. The van der Waals surface area contributed by atoms with Gasteiger partial charge >= 0.3 is 0 Å². The van der Waals surface area contributed by atoms with Crippen LogP contribution in [0.1, 0.15) is 39.2 Å². The van der Waals surface area contributed by atoms with E-state index in [9.17, 15) is 0 Å². The SMILES string of the molecule is CCC(C)(CC)Nc1ncc(N)cc1C. The molecule has 3 N–H and O–H groups in total. The lowest BCUT2D eigenvalue weighted by atomic mass is 9.95. The van der Waals surface area contributed by atoms with E-state index in [-0.39, 0.29) is 5.54 Å². The van der Waals surface area contributed by atoms with Crippen molar-refractivity contribution < 1.29 is 0 Å². The van der Waals surface area contributed by atoms with Crippen LogP contribution in [-0.4, -0.2) is 10.5 Å². The first-order valence-electron chi connectivity index (χ1n) is 5.51. The van der Waals surface area contributed by atoms with Crippen LogP contribution in [0, 0.1) is 6.92 Å². The summed E-state index contributed by atoms with van der Waals surface area (Å²) < 4.78 is 0. The number of anilines is 2. The molecule has 0 aliphatic carbocycles. The van der Waals surface area contributed by atoms with Crippen LogP contribution in [-0.2, 0) is 0 Å². The second-order valence-electron chi connectivity index (χ2n) is 4.33. The number of nitrogens with zero attached hydrogens (tertiary/aromatic N) is 1. The standard InChI is InChI=1S/C12H21N3/c1-5-12(4,6-2)15-11-9(3)7-10(13)8-14-11/h7-8H,5-6,13H2,1-4H3,(H,14,15). The summed E-state index contributed by atoms with van der Waals surface area (Å²) in [5.74, 6) is 0.940. The fourth-order valence-corrected chi connectivity index (χ4v) is 1.44. The van der Waals surface area contributed by atoms with Crippen molar-refractivity contribution >= 4 is 11.5 Å². The zero-order valence-corrected chi connectivity index (χ0v) is 10.1. The fourth-order valence-electron chi connectivity index (χ4n) is 1.44. The van der Waals surface area contributed by atoms with Gasteiger partial charge in [0, 0.05) is 5.54 Å². The van der Waals surface area contributed by atoms with E-state index in [1.165, 1.54) is 0 Å². The molecule has 0 aromatic carbocycles. The smallest absolute Gasteiger partial charge is 0.129 e. The highest BCUT2D eigenvalue weighted by Gasteiger charge is 2.20. The van der Waals surface area contributed by atoms with E-state index >= 15 is 0 Å². The van der Waals surface area contributed by atoms with Crippen LogP contribution >= 0.6 is 0 Å². The highest BCUT2D eigenvalue weighted by Crippen LogP contribution is 2.23. The summed E-state index contributed by atoms with van der Waals surface area (Å²) >= 11 is 0. The maximum atomic E-state index is 5.67. The van der Waals surface area contributed by atoms with Gasteiger partial charge < -0.3 is 11.1 Å². The Morgan fingerprint density at radius 3 is 2.47 bits per heavy atom. The zero-order valence-electron chi connectivity index (χ0n) is 10.1. The molecular weight excluding hydrogens is 186 g/mol. The topological polar surface area (TPSA) is 50.9 Å². The van der Waals surface area contributed by atoms with E-state index in [1.54, 1.807) is 6.20 Å². The summed E-state index contributed by atoms with van der Waals surface area (Å²) in [6.45, 7) is 8.61. The maximum absolute atomic E-state index is 5.67. The summed E-state index contributed by atoms with van der Waals surface area (Å²) in [5, 5.41) is 3.48. The number of aryl methyl sites for hydroxylation is 1. The maximum Gasteiger partial charge on any atom is 0.129 e. The summed E-state index contributed by atoms with van der Waals surface area (Å²) in [6, 6.07) is 1.95. The van der Waals surface area contributed by atoms with E-state index < -0.39 is 0 Å². The lowest BCUT2D eigenvalue weighted by Gasteiger charge is -2.29. The molecule has 0 aliphatic rings. The van der Waals surface area contributed by atoms with Crippen molar-refractivity contribution in [2.75, 3.05) is 11.1 Å². The molecule has 15 heavy (non-hydrogen) atoms. The lowest BCUT2D eigenvalue weighted by Crippen LogP contribution is -2.33. The molecule has 3 nitrogen and oxygen atoms in total. The molecule has 1 rings (SSSR count). The Morgan fingerprint density at radius 2 is 2.00 bits per heavy atom. The third-order valence-electron chi connectivity index (χ3n) is 3.08. The largest absolute Gasteiger partial charge is 0.397 e. The molecule has 0 fully saturated rings. The van der Waals surface area contributed by atoms with Crippen molar-refractivity contribution in [3.05, 3.63) is 17.8 Å². The van der Waals surface area contributed by atoms with Crippen LogP contribution < -0.4 is 11.1 Å². The third-order valence-corrected chi connectivity index (χ3v) is 3.08. The number of rotatable bonds is 4. The van der Waals surface area contributed by atoms with Gasteiger partial charge in [-0.1, -0.05) is 13.8 Å². The van der Waals surface area contributed by atoms with Crippen LogP contribution in [0.2, 0.25) is 0 Å². The molecule has 0 spiro atoms. The number of hydrogen-bond donors (Lipinski definition) is 2. The minimum absolute atomic E-state index is 0.119. The van der Waals surface area contributed by atoms with E-state index in [4.69, 9.17) is 5.73 Å². The van der Waals surface area contributed by atoms with Gasteiger partial charge in [0.1, 0.15) is 5.82 Å². The summed E-state index contributed by atoms with van der Waals surface area (Å²) in [5.41, 5.74) is 7.60. The highest BCUT2D eigenvalue weighted by molar-refractivity contribution is 5.51. The van der Waals surface area contributed by atoms with Gasteiger partial charge in [-0.2, -0.15) is 0 Å². The highest BCUT2D eigenvalue weighted by atomic mass is 15.0. The van der Waals surface area contributed by atoms with Crippen LogP contribution in [0.4, 0.5) is 11.5 Å². The van der Waals surface area contributed by atoms with Crippen LogP contribution in [0.3, 0.4) is 0 Å². The van der Waals surface area contributed by atoms with Gasteiger partial charge in [-0.3, -0.25) is 0 Å². The Kier molecular flexibility index (Phi) is 3.56. The molecule has 1 aromatic heterocycles. The lowest BCUT2D eigenvalue weighted by molar-refractivity contribution is 0.476. The molecule has 0 amide bonds. The zero-order chi connectivity index (χ0) is 11.5. The summed E-state index contributed by atoms with van der Waals surface area (Å²) in [6.07, 6.45) is 3.85. The molecule has 1 heterocycles. The number of nitrogen functional groups attached to an aromatic ring is 1. The summed E-state index contributed by atoms with van der Waals surface area (Å²) in [7, 11) is 0. The average Bonchev–Trinajstić information content (AvgIpc) is 2.22. The minimum atomic E-state index is 0.119. The first-order chi connectivity index (χ1) is 7.00. The molecule has 0 bridgehead atoms. The second-order valence-corrected chi connectivity index (χ2v) is 4.33. The Labute approximate surface area is 92.1 Å². The summed E-state index contributed by atoms with van der Waals surface area (Å²) in [4.78, 5) is 4.32. The molecule has 0 saturated heterocycles. The van der Waals surface area contributed by atoms with E-state index in [1.807, 2.05) is 13.0 Å².